The van der Waals surface area contributed by atoms with Crippen molar-refractivity contribution in [3.8, 4) is 0 Å². The summed E-state index contributed by atoms with van der Waals surface area (Å²) in [6.07, 6.45) is 4.09. The van der Waals surface area contributed by atoms with E-state index in [2.05, 4.69) is 65.2 Å². The number of fused-ring (bicyclic) bond motifs is 1. The first-order valence-corrected chi connectivity index (χ1v) is 7.47. The summed E-state index contributed by atoms with van der Waals surface area (Å²) in [5.41, 5.74) is 4.98. The molecule has 2 aromatic heterocycles. The minimum Gasteiger partial charge on any atom is -0.328 e. The molecule has 1 aromatic carbocycles. The maximum Gasteiger partial charge on any atom is 0.140 e. The van der Waals surface area contributed by atoms with Crippen molar-refractivity contribution in [3.63, 3.8) is 0 Å². The molecule has 3 aromatic rings. The van der Waals surface area contributed by atoms with Gasteiger partial charge in [0, 0.05) is 30.9 Å². The van der Waals surface area contributed by atoms with Crippen LogP contribution in [0, 0.1) is 6.92 Å². The van der Waals surface area contributed by atoms with Crippen molar-refractivity contribution in [1.82, 2.24) is 14.9 Å². The number of aromatic nitrogens is 2. The first-order chi connectivity index (χ1) is 10.3. The Hall–Kier alpha value is -2.13. The van der Waals surface area contributed by atoms with Crippen molar-refractivity contribution in [2.45, 2.75) is 26.9 Å². The number of pyridine rings is 1. The highest BCUT2D eigenvalue weighted by Crippen LogP contribution is 2.20. The molecule has 0 aliphatic rings. The third kappa shape index (κ3) is 2.98. The standard InChI is InChI=1S/C18H21N3/c1-3-19-11-16-13-21(18-17(16)8-5-9-20-18)12-15-7-4-6-14(2)10-15/h4-10,13,19H,3,11-12H2,1-2H3. The molecule has 3 rings (SSSR count). The molecule has 0 bridgehead atoms. The molecule has 0 unspecified atom stereocenters. The molecule has 0 radical (unpaired) electrons. The van der Waals surface area contributed by atoms with Crippen LogP contribution in [0.1, 0.15) is 23.6 Å². The van der Waals surface area contributed by atoms with E-state index >= 15 is 0 Å². The molecule has 0 amide bonds. The summed E-state index contributed by atoms with van der Waals surface area (Å²) in [6, 6.07) is 12.8. The summed E-state index contributed by atoms with van der Waals surface area (Å²) in [7, 11) is 0. The Labute approximate surface area is 125 Å². The maximum atomic E-state index is 4.56. The molecule has 0 fully saturated rings. The lowest BCUT2D eigenvalue weighted by Gasteiger charge is -2.05. The van der Waals surface area contributed by atoms with Crippen LogP contribution in [0.2, 0.25) is 0 Å². The largest absolute Gasteiger partial charge is 0.328 e. The molecule has 21 heavy (non-hydrogen) atoms. The van der Waals surface area contributed by atoms with Crippen molar-refractivity contribution in [2.24, 2.45) is 0 Å². The van der Waals surface area contributed by atoms with E-state index in [1.54, 1.807) is 0 Å². The van der Waals surface area contributed by atoms with Gasteiger partial charge in [0.15, 0.2) is 0 Å². The number of rotatable bonds is 5. The molecule has 108 valence electrons. The van der Waals surface area contributed by atoms with Crippen LogP contribution >= 0.6 is 0 Å². The molecule has 0 aliphatic carbocycles. The van der Waals surface area contributed by atoms with Crippen molar-refractivity contribution in [3.05, 3.63) is 65.5 Å². The van der Waals surface area contributed by atoms with Crippen molar-refractivity contribution in [2.75, 3.05) is 6.54 Å². The molecule has 3 nitrogen and oxygen atoms in total. The minimum atomic E-state index is 0.862. The van der Waals surface area contributed by atoms with Gasteiger partial charge in [-0.05, 0) is 36.7 Å². The van der Waals surface area contributed by atoms with E-state index in [-0.39, 0.29) is 0 Å². The van der Waals surface area contributed by atoms with Crippen LogP contribution in [0.3, 0.4) is 0 Å². The van der Waals surface area contributed by atoms with Gasteiger partial charge in [-0.1, -0.05) is 36.8 Å². The van der Waals surface area contributed by atoms with Crippen LogP contribution in [-0.4, -0.2) is 16.1 Å². The fraction of sp³-hybridized carbons (Fsp3) is 0.278. The number of nitrogens with zero attached hydrogens (tertiary/aromatic N) is 2. The van der Waals surface area contributed by atoms with Gasteiger partial charge in [-0.25, -0.2) is 4.98 Å². The second-order valence-corrected chi connectivity index (χ2v) is 5.43. The summed E-state index contributed by atoms with van der Waals surface area (Å²) < 4.78 is 2.25. The summed E-state index contributed by atoms with van der Waals surface area (Å²) in [4.78, 5) is 4.56. The first kappa shape index (κ1) is 13.8. The Morgan fingerprint density at radius 1 is 1.19 bits per heavy atom. The van der Waals surface area contributed by atoms with Gasteiger partial charge in [-0.3, -0.25) is 0 Å². The second kappa shape index (κ2) is 6.10. The van der Waals surface area contributed by atoms with E-state index < -0.39 is 0 Å². The van der Waals surface area contributed by atoms with Crippen molar-refractivity contribution >= 4 is 11.0 Å². The molecule has 0 aliphatic heterocycles. The van der Waals surface area contributed by atoms with Crippen LogP contribution in [0.4, 0.5) is 0 Å². The Morgan fingerprint density at radius 3 is 2.90 bits per heavy atom. The highest BCUT2D eigenvalue weighted by atomic mass is 15.0. The molecular formula is C18H21N3. The Kier molecular flexibility index (Phi) is 4.02. The molecule has 0 saturated carbocycles. The minimum absolute atomic E-state index is 0.862. The van der Waals surface area contributed by atoms with Gasteiger partial charge in [0.25, 0.3) is 0 Å². The van der Waals surface area contributed by atoms with E-state index in [0.717, 1.165) is 25.3 Å². The van der Waals surface area contributed by atoms with E-state index in [9.17, 15) is 0 Å². The number of aryl methyl sites for hydroxylation is 1. The highest BCUT2D eigenvalue weighted by molar-refractivity contribution is 5.80. The lowest BCUT2D eigenvalue weighted by molar-refractivity contribution is 0.724. The zero-order valence-electron chi connectivity index (χ0n) is 12.6. The lowest BCUT2D eigenvalue weighted by Crippen LogP contribution is -2.11. The normalized spacial score (nSPS) is 11.1. The molecular weight excluding hydrogens is 258 g/mol. The van der Waals surface area contributed by atoms with Gasteiger partial charge in [0.1, 0.15) is 5.65 Å². The maximum absolute atomic E-state index is 4.56. The van der Waals surface area contributed by atoms with E-state index in [0.29, 0.717) is 0 Å². The molecule has 0 atom stereocenters. The van der Waals surface area contributed by atoms with Crippen molar-refractivity contribution < 1.29 is 0 Å². The molecule has 0 spiro atoms. The van der Waals surface area contributed by atoms with E-state index in [1.165, 1.54) is 22.1 Å². The van der Waals surface area contributed by atoms with Crippen LogP contribution in [-0.2, 0) is 13.1 Å². The number of hydrogen-bond donors (Lipinski definition) is 1. The van der Waals surface area contributed by atoms with Gasteiger partial charge >= 0.3 is 0 Å². The number of hydrogen-bond acceptors (Lipinski definition) is 2. The predicted molar refractivity (Wildman–Crippen MR) is 87.4 cm³/mol. The molecule has 3 heteroatoms. The number of nitrogens with one attached hydrogen (secondary N) is 1. The van der Waals surface area contributed by atoms with Crippen LogP contribution in [0.15, 0.2) is 48.8 Å². The van der Waals surface area contributed by atoms with Crippen molar-refractivity contribution in [1.29, 1.82) is 0 Å². The average molecular weight is 279 g/mol. The SMILES string of the molecule is CCNCc1cn(Cc2cccc(C)c2)c2ncccc12. The monoisotopic (exact) mass is 279 g/mol. The third-order valence-electron chi connectivity index (χ3n) is 3.72. The zero-order chi connectivity index (χ0) is 14.7. The summed E-state index contributed by atoms with van der Waals surface area (Å²) >= 11 is 0. The third-order valence-corrected chi connectivity index (χ3v) is 3.72. The zero-order valence-corrected chi connectivity index (χ0v) is 12.6. The Balaban J connectivity index is 1.98. The second-order valence-electron chi connectivity index (χ2n) is 5.43. The van der Waals surface area contributed by atoms with Gasteiger partial charge in [-0.15, -0.1) is 0 Å². The van der Waals surface area contributed by atoms with Crippen LogP contribution < -0.4 is 5.32 Å². The fourth-order valence-corrected chi connectivity index (χ4v) is 2.72. The number of benzene rings is 1. The summed E-state index contributed by atoms with van der Waals surface area (Å²) in [5.74, 6) is 0. The molecule has 1 N–H and O–H groups in total. The summed E-state index contributed by atoms with van der Waals surface area (Å²) in [5, 5.41) is 4.64. The summed E-state index contributed by atoms with van der Waals surface area (Å²) in [6.45, 7) is 6.99. The Bertz CT molecular complexity index is 743. The fourth-order valence-electron chi connectivity index (χ4n) is 2.72. The predicted octanol–water partition coefficient (Wildman–Crippen LogP) is 3.50. The average Bonchev–Trinajstić information content (AvgIpc) is 2.84. The highest BCUT2D eigenvalue weighted by Gasteiger charge is 2.09. The quantitative estimate of drug-likeness (QED) is 0.774. The van der Waals surface area contributed by atoms with Gasteiger partial charge in [0.2, 0.25) is 0 Å². The lowest BCUT2D eigenvalue weighted by atomic mass is 10.1. The van der Waals surface area contributed by atoms with E-state index in [4.69, 9.17) is 0 Å². The van der Waals surface area contributed by atoms with Crippen LogP contribution in [0.25, 0.3) is 11.0 Å². The first-order valence-electron chi connectivity index (χ1n) is 7.47. The molecule has 2 heterocycles. The van der Waals surface area contributed by atoms with E-state index in [1.807, 2.05) is 12.3 Å². The van der Waals surface area contributed by atoms with Crippen LogP contribution in [0.5, 0.6) is 0 Å². The molecule has 0 saturated heterocycles. The van der Waals surface area contributed by atoms with Gasteiger partial charge in [-0.2, -0.15) is 0 Å². The van der Waals surface area contributed by atoms with Gasteiger partial charge in [0.05, 0.1) is 0 Å². The van der Waals surface area contributed by atoms with Gasteiger partial charge < -0.3 is 9.88 Å². The topological polar surface area (TPSA) is 29.9 Å². The Morgan fingerprint density at radius 2 is 2.10 bits per heavy atom. The smallest absolute Gasteiger partial charge is 0.140 e.